The van der Waals surface area contributed by atoms with Crippen LogP contribution in [0.5, 0.6) is 5.75 Å². The monoisotopic (exact) mass is 466 g/mol. The Morgan fingerprint density at radius 2 is 1.96 bits per heavy atom. The van der Waals surface area contributed by atoms with Crippen LogP contribution in [0.2, 0.25) is 0 Å². The summed E-state index contributed by atoms with van der Waals surface area (Å²) >= 11 is 3.48. The van der Waals surface area contributed by atoms with Gasteiger partial charge in [-0.25, -0.2) is 12.7 Å². The lowest BCUT2D eigenvalue weighted by molar-refractivity contribution is 0.0735. The second kappa shape index (κ2) is 8.23. The Labute approximate surface area is 174 Å². The Kier molecular flexibility index (Phi) is 6.12. The number of likely N-dealkylation sites (tertiary alicyclic amines) is 1. The van der Waals surface area contributed by atoms with Crippen LogP contribution in [0.4, 0.5) is 0 Å². The van der Waals surface area contributed by atoms with Gasteiger partial charge in [0, 0.05) is 30.7 Å². The van der Waals surface area contributed by atoms with E-state index in [4.69, 9.17) is 4.74 Å². The summed E-state index contributed by atoms with van der Waals surface area (Å²) in [4.78, 5) is 15.0. The molecule has 0 radical (unpaired) electrons. The number of halogens is 1. The van der Waals surface area contributed by atoms with Crippen LogP contribution in [0.3, 0.4) is 0 Å². The molecule has 1 aliphatic heterocycles. The first kappa shape index (κ1) is 20.8. The van der Waals surface area contributed by atoms with Crippen molar-refractivity contribution in [3.8, 4) is 5.75 Å². The zero-order valence-electron chi connectivity index (χ0n) is 16.1. The van der Waals surface area contributed by atoms with E-state index in [0.717, 1.165) is 27.2 Å². The highest BCUT2D eigenvalue weighted by atomic mass is 79.9. The first-order valence-corrected chi connectivity index (χ1v) is 11.2. The summed E-state index contributed by atoms with van der Waals surface area (Å²) < 4.78 is 32.6. The fourth-order valence-electron chi connectivity index (χ4n) is 3.44. The molecule has 28 heavy (non-hydrogen) atoms. The molecule has 0 spiro atoms. The van der Waals surface area contributed by atoms with Crippen LogP contribution in [0.25, 0.3) is 0 Å². The molecule has 1 aliphatic rings. The van der Waals surface area contributed by atoms with Crippen molar-refractivity contribution in [3.63, 3.8) is 0 Å². The zero-order valence-corrected chi connectivity index (χ0v) is 18.5. The minimum atomic E-state index is -3.74. The van der Waals surface area contributed by atoms with Gasteiger partial charge >= 0.3 is 0 Å². The van der Waals surface area contributed by atoms with Gasteiger partial charge in [-0.1, -0.05) is 28.1 Å². The smallest absolute Gasteiger partial charge is 0.254 e. The Morgan fingerprint density at radius 1 is 1.21 bits per heavy atom. The van der Waals surface area contributed by atoms with Crippen molar-refractivity contribution in [2.75, 3.05) is 27.7 Å². The number of hydrogen-bond acceptors (Lipinski definition) is 4. The molecular weight excluding hydrogens is 444 g/mol. The third-order valence-corrected chi connectivity index (χ3v) is 7.25. The number of carbonyl (C=O) groups is 1. The zero-order chi connectivity index (χ0) is 20.5. The predicted molar refractivity (Wildman–Crippen MR) is 111 cm³/mol. The molecule has 6 nitrogen and oxygen atoms in total. The molecule has 1 amide bonds. The minimum Gasteiger partial charge on any atom is -0.495 e. The summed E-state index contributed by atoms with van der Waals surface area (Å²) in [5.74, 6) is 0.0375. The molecule has 0 bridgehead atoms. The van der Waals surface area contributed by atoms with Crippen LogP contribution < -0.4 is 4.74 Å². The van der Waals surface area contributed by atoms with Crippen LogP contribution in [0, 0.1) is 0 Å². The van der Waals surface area contributed by atoms with Gasteiger partial charge in [-0.15, -0.1) is 0 Å². The Bertz CT molecular complexity index is 991. The van der Waals surface area contributed by atoms with Crippen molar-refractivity contribution in [2.24, 2.45) is 0 Å². The van der Waals surface area contributed by atoms with Gasteiger partial charge in [-0.2, -0.15) is 0 Å². The fraction of sp³-hybridized carbons (Fsp3) is 0.350. The lowest BCUT2D eigenvalue weighted by Gasteiger charge is -2.26. The number of sulfonamides is 1. The topological polar surface area (TPSA) is 66.9 Å². The first-order valence-electron chi connectivity index (χ1n) is 8.92. The summed E-state index contributed by atoms with van der Waals surface area (Å²) in [6.07, 6.45) is 1.78. The van der Waals surface area contributed by atoms with Gasteiger partial charge in [0.1, 0.15) is 10.6 Å². The van der Waals surface area contributed by atoms with E-state index in [2.05, 4.69) is 15.9 Å². The van der Waals surface area contributed by atoms with Crippen molar-refractivity contribution in [3.05, 3.63) is 58.1 Å². The van der Waals surface area contributed by atoms with Gasteiger partial charge in [0.25, 0.3) is 5.91 Å². The highest BCUT2D eigenvalue weighted by Gasteiger charge is 2.32. The van der Waals surface area contributed by atoms with Crippen molar-refractivity contribution < 1.29 is 17.9 Å². The maximum absolute atomic E-state index is 13.2. The molecule has 1 fully saturated rings. The number of nitrogens with zero attached hydrogens (tertiary/aromatic N) is 2. The maximum Gasteiger partial charge on any atom is 0.254 e. The largest absolute Gasteiger partial charge is 0.495 e. The molecule has 1 saturated heterocycles. The SMILES string of the molecule is COc1ccc(C(=O)N2CCCC2c2cccc(Br)c2)cc1S(=O)(=O)N(C)C. The summed E-state index contributed by atoms with van der Waals surface area (Å²) in [6.45, 7) is 0.637. The molecule has 2 aromatic rings. The molecule has 1 unspecified atom stereocenters. The lowest BCUT2D eigenvalue weighted by Crippen LogP contribution is -2.31. The van der Waals surface area contributed by atoms with Gasteiger partial charge in [0.2, 0.25) is 10.0 Å². The summed E-state index contributed by atoms with van der Waals surface area (Å²) in [6, 6.07) is 12.5. The highest BCUT2D eigenvalue weighted by molar-refractivity contribution is 9.10. The molecular formula is C20H23BrN2O4S. The van der Waals surface area contributed by atoms with Crippen LogP contribution in [0.1, 0.15) is 34.8 Å². The van der Waals surface area contributed by atoms with Gasteiger partial charge in [0.15, 0.2) is 0 Å². The normalized spacial score (nSPS) is 17.2. The number of ether oxygens (including phenoxy) is 1. The van der Waals surface area contributed by atoms with Crippen LogP contribution in [0.15, 0.2) is 51.8 Å². The van der Waals surface area contributed by atoms with E-state index in [1.165, 1.54) is 33.3 Å². The number of amides is 1. The van der Waals surface area contributed by atoms with Crippen molar-refractivity contribution in [1.29, 1.82) is 0 Å². The van der Waals surface area contributed by atoms with E-state index in [0.29, 0.717) is 12.1 Å². The quantitative estimate of drug-likeness (QED) is 0.673. The van der Waals surface area contributed by atoms with E-state index < -0.39 is 10.0 Å². The van der Waals surface area contributed by atoms with Crippen LogP contribution >= 0.6 is 15.9 Å². The van der Waals surface area contributed by atoms with Crippen molar-refractivity contribution >= 4 is 31.9 Å². The summed E-state index contributed by atoms with van der Waals surface area (Å²) in [7, 11) is 0.576. The standard InChI is InChI=1S/C20H23BrN2O4S/c1-22(2)28(25,26)19-13-15(9-10-18(19)27-3)20(24)23-11-5-8-17(23)14-6-4-7-16(21)12-14/h4,6-7,9-10,12-13,17H,5,8,11H2,1-3H3. The fourth-order valence-corrected chi connectivity index (χ4v) is 4.94. The van der Waals surface area contributed by atoms with E-state index in [1.54, 1.807) is 6.07 Å². The number of methoxy groups -OCH3 is 1. The van der Waals surface area contributed by atoms with E-state index in [9.17, 15) is 13.2 Å². The second-order valence-corrected chi connectivity index (χ2v) is 9.90. The molecule has 2 aromatic carbocycles. The Balaban J connectivity index is 1.98. The van der Waals surface area contributed by atoms with Gasteiger partial charge in [-0.05, 0) is 48.7 Å². The second-order valence-electron chi connectivity index (χ2n) is 6.86. The van der Waals surface area contributed by atoms with E-state index in [1.807, 2.05) is 29.2 Å². The van der Waals surface area contributed by atoms with Crippen molar-refractivity contribution in [1.82, 2.24) is 9.21 Å². The summed E-state index contributed by atoms with van der Waals surface area (Å²) in [5, 5.41) is 0. The Hall–Kier alpha value is -1.90. The molecule has 8 heteroatoms. The minimum absolute atomic E-state index is 0.0101. The molecule has 0 aromatic heterocycles. The third-order valence-electron chi connectivity index (χ3n) is 4.92. The highest BCUT2D eigenvalue weighted by Crippen LogP contribution is 2.35. The van der Waals surface area contributed by atoms with Crippen molar-refractivity contribution in [2.45, 2.75) is 23.8 Å². The first-order chi connectivity index (χ1) is 13.3. The average Bonchev–Trinajstić information content (AvgIpc) is 3.16. The molecule has 0 N–H and O–H groups in total. The Morgan fingerprint density at radius 3 is 2.61 bits per heavy atom. The van der Waals surface area contributed by atoms with Gasteiger partial charge in [0.05, 0.1) is 13.2 Å². The number of carbonyl (C=O) groups excluding carboxylic acids is 1. The molecule has 1 atom stereocenters. The average molecular weight is 467 g/mol. The maximum atomic E-state index is 13.2. The third kappa shape index (κ3) is 3.94. The molecule has 0 aliphatic carbocycles. The molecule has 150 valence electrons. The van der Waals surface area contributed by atoms with Crippen LogP contribution in [-0.2, 0) is 10.0 Å². The number of benzene rings is 2. The molecule has 0 saturated carbocycles. The predicted octanol–water partition coefficient (Wildman–Crippen LogP) is 3.69. The van der Waals surface area contributed by atoms with E-state index in [-0.39, 0.29) is 22.6 Å². The van der Waals surface area contributed by atoms with E-state index >= 15 is 0 Å². The van der Waals surface area contributed by atoms with Crippen LogP contribution in [-0.4, -0.2) is 51.3 Å². The molecule has 1 heterocycles. The summed E-state index contributed by atoms with van der Waals surface area (Å²) in [5.41, 5.74) is 1.40. The molecule has 3 rings (SSSR count). The van der Waals surface area contributed by atoms with Gasteiger partial charge in [-0.3, -0.25) is 4.79 Å². The number of hydrogen-bond donors (Lipinski definition) is 0. The number of rotatable bonds is 5. The van der Waals surface area contributed by atoms with Gasteiger partial charge < -0.3 is 9.64 Å². The lowest BCUT2D eigenvalue weighted by atomic mass is 10.0.